The molecule has 49 heavy (non-hydrogen) atoms. The molecular weight excluding hydrogens is 613 g/mol. The zero-order valence-corrected chi connectivity index (χ0v) is 32.2. The summed E-state index contributed by atoms with van der Waals surface area (Å²) in [6.07, 6.45) is 0. The van der Waals surface area contributed by atoms with Crippen LogP contribution >= 0.6 is 11.3 Å². The van der Waals surface area contributed by atoms with E-state index in [1.165, 1.54) is 64.3 Å². The van der Waals surface area contributed by atoms with Gasteiger partial charge in [-0.15, -0.1) is 11.3 Å². The molecule has 0 saturated carbocycles. The Balaban J connectivity index is 1.42. The average molecular weight is 663 g/mol. The van der Waals surface area contributed by atoms with E-state index in [1.54, 1.807) is 0 Å². The highest BCUT2D eigenvalue weighted by molar-refractivity contribution is 7.26. The summed E-state index contributed by atoms with van der Waals surface area (Å²) in [4.78, 5) is 10.8. The fourth-order valence-corrected chi connectivity index (χ4v) is 8.45. The van der Waals surface area contributed by atoms with E-state index in [9.17, 15) is 0 Å². The van der Waals surface area contributed by atoms with Crippen LogP contribution in [-0.2, 0) is 21.7 Å². The molecular formula is C46H50N2S. The number of aromatic nitrogens is 2. The zero-order chi connectivity index (χ0) is 35.3. The summed E-state index contributed by atoms with van der Waals surface area (Å²) >= 11 is 1.87. The molecule has 3 heterocycles. The molecule has 7 rings (SSSR count). The fraction of sp³-hybridized carbons (Fsp3) is 0.348. The molecule has 0 unspecified atom stereocenters. The van der Waals surface area contributed by atoms with Crippen molar-refractivity contribution in [2.24, 2.45) is 0 Å². The normalized spacial score (nSPS) is 13.3. The largest absolute Gasteiger partial charge is 0.248 e. The van der Waals surface area contributed by atoms with Crippen molar-refractivity contribution in [1.29, 1.82) is 0 Å². The van der Waals surface area contributed by atoms with Gasteiger partial charge in [0.1, 0.15) is 0 Å². The average Bonchev–Trinajstić information content (AvgIpc) is 3.40. The van der Waals surface area contributed by atoms with Gasteiger partial charge in [-0.05, 0) is 68.2 Å². The molecule has 7 aromatic rings. The molecule has 0 amide bonds. The van der Waals surface area contributed by atoms with Crippen LogP contribution in [0, 0.1) is 0 Å². The predicted octanol–water partition coefficient (Wildman–Crippen LogP) is 13.7. The van der Waals surface area contributed by atoms with E-state index >= 15 is 0 Å². The van der Waals surface area contributed by atoms with E-state index in [0.717, 1.165) is 22.4 Å². The minimum atomic E-state index is 0.0179. The first kappa shape index (κ1) is 33.4. The van der Waals surface area contributed by atoms with Gasteiger partial charge in [-0.25, -0.2) is 9.97 Å². The SMILES string of the molecule is CC(C)(C)c1cc(C(C)(C)C)c2ccc(-c3cccc4c3sc3c(-c5ccc6c(C(C)(C)C)cc(C(C)(C)C)cc6n5)cccc34)nc2c1. The van der Waals surface area contributed by atoms with Gasteiger partial charge in [0.15, 0.2) is 0 Å². The number of pyridine rings is 2. The molecule has 0 aliphatic heterocycles. The van der Waals surface area contributed by atoms with Crippen LogP contribution in [0.2, 0.25) is 0 Å². The lowest BCUT2D eigenvalue weighted by molar-refractivity contribution is 0.572. The molecule has 0 bridgehead atoms. The molecule has 0 N–H and O–H groups in total. The summed E-state index contributed by atoms with van der Waals surface area (Å²) in [5.41, 5.74) is 12.0. The Morgan fingerprint density at radius 1 is 0.408 bits per heavy atom. The van der Waals surface area contributed by atoms with E-state index in [2.05, 4.69) is 168 Å². The Kier molecular flexibility index (Phi) is 7.65. The molecule has 0 fully saturated rings. The van der Waals surface area contributed by atoms with Gasteiger partial charge in [-0.1, -0.05) is 144 Å². The molecule has 4 aromatic carbocycles. The first-order valence-electron chi connectivity index (χ1n) is 17.7. The number of thiophene rings is 1. The van der Waals surface area contributed by atoms with Crippen LogP contribution < -0.4 is 0 Å². The molecule has 3 heteroatoms. The number of benzene rings is 4. The quantitative estimate of drug-likeness (QED) is 0.184. The van der Waals surface area contributed by atoms with E-state index < -0.39 is 0 Å². The molecule has 250 valence electrons. The van der Waals surface area contributed by atoms with Crippen LogP contribution in [0.3, 0.4) is 0 Å². The van der Waals surface area contributed by atoms with Crippen molar-refractivity contribution in [3.63, 3.8) is 0 Å². The Labute approximate surface area is 296 Å². The monoisotopic (exact) mass is 662 g/mol. The van der Waals surface area contributed by atoms with Gasteiger partial charge in [0, 0.05) is 42.1 Å². The number of hydrogen-bond donors (Lipinski definition) is 0. The van der Waals surface area contributed by atoms with Crippen molar-refractivity contribution in [3.05, 3.63) is 107 Å². The molecule has 0 atom stereocenters. The predicted molar refractivity (Wildman–Crippen MR) is 216 cm³/mol. The van der Waals surface area contributed by atoms with E-state index in [1.807, 2.05) is 11.3 Å². The minimum absolute atomic E-state index is 0.0179. The van der Waals surface area contributed by atoms with Gasteiger partial charge >= 0.3 is 0 Å². The van der Waals surface area contributed by atoms with E-state index in [-0.39, 0.29) is 21.7 Å². The summed E-state index contributed by atoms with van der Waals surface area (Å²) in [7, 11) is 0. The lowest BCUT2D eigenvalue weighted by Gasteiger charge is -2.26. The van der Waals surface area contributed by atoms with Crippen molar-refractivity contribution in [1.82, 2.24) is 9.97 Å². The first-order chi connectivity index (χ1) is 22.8. The highest BCUT2D eigenvalue weighted by Gasteiger charge is 2.25. The standard InChI is InChI=1S/C46H50N2S/c1-43(2,3)27-23-35(45(7,8)9)31-19-21-37(47-39(31)25-27)33-17-13-15-29-30-16-14-18-34(42(30)49-41(29)33)38-22-20-32-36(46(10,11)12)24-28(44(4,5)6)26-40(32)48-38/h13-26H,1-12H3. The zero-order valence-electron chi connectivity index (χ0n) is 31.4. The lowest BCUT2D eigenvalue weighted by atomic mass is 9.79. The third-order valence-corrected chi connectivity index (χ3v) is 11.3. The molecule has 0 saturated heterocycles. The number of nitrogens with zero attached hydrogens (tertiary/aromatic N) is 2. The van der Waals surface area contributed by atoms with Crippen LogP contribution in [0.4, 0.5) is 0 Å². The Morgan fingerprint density at radius 2 is 0.796 bits per heavy atom. The molecule has 0 radical (unpaired) electrons. The Morgan fingerprint density at radius 3 is 1.14 bits per heavy atom. The lowest BCUT2D eigenvalue weighted by Crippen LogP contribution is -2.17. The van der Waals surface area contributed by atoms with Crippen molar-refractivity contribution in [3.8, 4) is 22.5 Å². The topological polar surface area (TPSA) is 25.8 Å². The van der Waals surface area contributed by atoms with Gasteiger partial charge < -0.3 is 0 Å². The summed E-state index contributed by atoms with van der Waals surface area (Å²) in [6.45, 7) is 27.5. The summed E-state index contributed by atoms with van der Waals surface area (Å²) in [6, 6.07) is 31.8. The van der Waals surface area contributed by atoms with Gasteiger partial charge in [0.2, 0.25) is 0 Å². The molecule has 0 spiro atoms. The number of hydrogen-bond acceptors (Lipinski definition) is 3. The van der Waals surface area contributed by atoms with Gasteiger partial charge in [-0.3, -0.25) is 0 Å². The molecule has 3 aromatic heterocycles. The second-order valence-electron chi connectivity index (χ2n) is 18.0. The van der Waals surface area contributed by atoms with Crippen LogP contribution in [-0.4, -0.2) is 9.97 Å². The summed E-state index contributed by atoms with van der Waals surface area (Å²) in [5.74, 6) is 0. The Bertz CT molecular complexity index is 2240. The second kappa shape index (κ2) is 11.2. The molecule has 0 aliphatic rings. The van der Waals surface area contributed by atoms with Crippen LogP contribution in [0.1, 0.15) is 105 Å². The molecule has 2 nitrogen and oxygen atoms in total. The van der Waals surface area contributed by atoms with Crippen LogP contribution in [0.15, 0.2) is 84.9 Å². The van der Waals surface area contributed by atoms with Gasteiger partial charge in [-0.2, -0.15) is 0 Å². The van der Waals surface area contributed by atoms with Crippen LogP contribution in [0.25, 0.3) is 64.5 Å². The third kappa shape index (κ3) is 5.95. The fourth-order valence-electron chi connectivity index (χ4n) is 7.10. The van der Waals surface area contributed by atoms with Crippen molar-refractivity contribution >= 4 is 53.3 Å². The minimum Gasteiger partial charge on any atom is -0.248 e. The van der Waals surface area contributed by atoms with Crippen molar-refractivity contribution in [2.75, 3.05) is 0 Å². The van der Waals surface area contributed by atoms with Gasteiger partial charge in [0.25, 0.3) is 0 Å². The highest BCUT2D eigenvalue weighted by atomic mass is 32.1. The molecule has 0 aliphatic carbocycles. The smallest absolute Gasteiger partial charge is 0.0724 e. The van der Waals surface area contributed by atoms with Crippen LogP contribution in [0.5, 0.6) is 0 Å². The maximum atomic E-state index is 5.38. The maximum absolute atomic E-state index is 5.38. The maximum Gasteiger partial charge on any atom is 0.0724 e. The number of rotatable bonds is 2. The van der Waals surface area contributed by atoms with Gasteiger partial charge in [0.05, 0.1) is 22.4 Å². The Hall–Kier alpha value is -4.08. The van der Waals surface area contributed by atoms with E-state index in [0.29, 0.717) is 0 Å². The van der Waals surface area contributed by atoms with Crippen molar-refractivity contribution in [2.45, 2.75) is 105 Å². The number of fused-ring (bicyclic) bond motifs is 5. The summed E-state index contributed by atoms with van der Waals surface area (Å²) in [5, 5.41) is 5.01. The van der Waals surface area contributed by atoms with Crippen molar-refractivity contribution < 1.29 is 0 Å². The second-order valence-corrected chi connectivity index (χ2v) is 19.1. The summed E-state index contributed by atoms with van der Waals surface area (Å²) < 4.78 is 2.54. The third-order valence-electron chi connectivity index (χ3n) is 10.0. The van der Waals surface area contributed by atoms with E-state index in [4.69, 9.17) is 9.97 Å². The highest BCUT2D eigenvalue weighted by Crippen LogP contribution is 2.45. The first-order valence-corrected chi connectivity index (χ1v) is 18.5.